The van der Waals surface area contributed by atoms with Crippen molar-refractivity contribution in [2.45, 2.75) is 13.8 Å². The molecule has 1 N–H and O–H groups in total. The van der Waals surface area contributed by atoms with Gasteiger partial charge in [-0.1, -0.05) is 0 Å². The quantitative estimate of drug-likeness (QED) is 0.359. The molecule has 33 heavy (non-hydrogen) atoms. The number of nitrogens with one attached hydrogen (secondary N) is 1. The minimum Gasteiger partial charge on any atom is -0.295 e. The molecule has 1 aromatic heterocycles. The summed E-state index contributed by atoms with van der Waals surface area (Å²) in [6.45, 7) is 3.28. The predicted octanol–water partition coefficient (Wildman–Crippen LogP) is 3.10. The van der Waals surface area contributed by atoms with Crippen molar-refractivity contribution in [3.8, 4) is 5.69 Å². The number of benzene rings is 2. The van der Waals surface area contributed by atoms with Crippen molar-refractivity contribution in [2.75, 3.05) is 5.01 Å². The molecule has 0 radical (unpaired) electrons. The lowest BCUT2D eigenvalue weighted by molar-refractivity contribution is -0.385. The van der Waals surface area contributed by atoms with Gasteiger partial charge in [-0.2, -0.15) is 10.1 Å². The molecular formula is C21H16N6O6. The van der Waals surface area contributed by atoms with Gasteiger partial charge in [0, 0.05) is 30.0 Å². The van der Waals surface area contributed by atoms with Crippen LogP contribution in [0.15, 0.2) is 64.0 Å². The Morgan fingerprint density at radius 2 is 1.39 bits per heavy atom. The van der Waals surface area contributed by atoms with Crippen LogP contribution in [0.4, 0.5) is 17.1 Å². The minimum atomic E-state index is -0.542. The smallest absolute Gasteiger partial charge is 0.280 e. The number of nitrogens with zero attached hydrogens (tertiary/aromatic N) is 5. The first-order valence-electron chi connectivity index (χ1n) is 9.60. The van der Waals surface area contributed by atoms with E-state index in [1.54, 1.807) is 13.8 Å². The van der Waals surface area contributed by atoms with E-state index in [0.29, 0.717) is 22.8 Å². The molecule has 1 aliphatic rings. The van der Waals surface area contributed by atoms with Crippen molar-refractivity contribution < 1.29 is 14.6 Å². The van der Waals surface area contributed by atoms with Crippen LogP contribution in [0.25, 0.3) is 11.8 Å². The molecule has 12 heteroatoms. The van der Waals surface area contributed by atoms with Gasteiger partial charge in [0.2, 0.25) is 0 Å². The lowest BCUT2D eigenvalue weighted by atomic mass is 10.1. The van der Waals surface area contributed by atoms with E-state index in [1.165, 1.54) is 59.3 Å². The van der Waals surface area contributed by atoms with Gasteiger partial charge >= 0.3 is 0 Å². The zero-order valence-electron chi connectivity index (χ0n) is 17.4. The third-order valence-corrected chi connectivity index (χ3v) is 5.09. The number of carbonyl (C=O) groups is 1. The summed E-state index contributed by atoms with van der Waals surface area (Å²) in [6.07, 6.45) is 1.43. The largest absolute Gasteiger partial charge is 0.295 e. The fourth-order valence-corrected chi connectivity index (χ4v) is 3.35. The Bertz CT molecular complexity index is 1410. The molecule has 1 amide bonds. The number of hydrazone groups is 1. The Labute approximate surface area is 185 Å². The van der Waals surface area contributed by atoms with Gasteiger partial charge in [0.25, 0.3) is 22.8 Å². The number of hydrogen-bond acceptors (Lipinski definition) is 7. The van der Waals surface area contributed by atoms with Crippen molar-refractivity contribution >= 4 is 34.8 Å². The van der Waals surface area contributed by atoms with Crippen LogP contribution in [-0.4, -0.2) is 31.2 Å². The molecule has 0 saturated heterocycles. The molecule has 0 atom stereocenters. The second kappa shape index (κ2) is 8.00. The first-order chi connectivity index (χ1) is 15.7. The van der Waals surface area contributed by atoms with E-state index in [4.69, 9.17) is 0 Å². The van der Waals surface area contributed by atoms with Gasteiger partial charge in [-0.25, -0.2) is 4.68 Å². The van der Waals surface area contributed by atoms with Crippen LogP contribution < -0.4 is 10.6 Å². The minimum absolute atomic E-state index is 0.104. The van der Waals surface area contributed by atoms with Crippen LogP contribution in [0, 0.1) is 27.2 Å². The highest BCUT2D eigenvalue weighted by molar-refractivity contribution is 6.32. The van der Waals surface area contributed by atoms with Gasteiger partial charge in [-0.15, -0.1) is 0 Å². The van der Waals surface area contributed by atoms with Crippen LogP contribution in [0.3, 0.4) is 0 Å². The average molecular weight is 448 g/mol. The number of nitro benzene ring substituents is 2. The van der Waals surface area contributed by atoms with Gasteiger partial charge in [-0.05, 0) is 44.2 Å². The summed E-state index contributed by atoms with van der Waals surface area (Å²) in [4.78, 5) is 46.6. The van der Waals surface area contributed by atoms with Crippen molar-refractivity contribution in [1.29, 1.82) is 0 Å². The standard InChI is InChI=1S/C21H16N6O6/c1-12-18(20(28)24(22-12)14-3-7-16(8-4-14)26(30)31)11-19-13(2)23-25(21(19)29)15-5-9-17(10-6-15)27(32)33/h3-11,22H,1-2H3. The van der Waals surface area contributed by atoms with Crippen LogP contribution in [0.1, 0.15) is 18.2 Å². The molecule has 3 aromatic rings. The molecule has 0 spiro atoms. The number of H-pyrrole nitrogens is 1. The summed E-state index contributed by atoms with van der Waals surface area (Å²) < 4.78 is 1.23. The Balaban J connectivity index is 1.67. The van der Waals surface area contributed by atoms with Gasteiger partial charge in [0.15, 0.2) is 0 Å². The highest BCUT2D eigenvalue weighted by Gasteiger charge is 2.30. The molecule has 2 heterocycles. The Hall–Kier alpha value is -4.87. The highest BCUT2D eigenvalue weighted by Crippen LogP contribution is 2.27. The second-order valence-corrected chi connectivity index (χ2v) is 7.20. The summed E-state index contributed by atoms with van der Waals surface area (Å²) in [5.74, 6) is -0.483. The third-order valence-electron chi connectivity index (χ3n) is 5.09. The van der Waals surface area contributed by atoms with E-state index >= 15 is 0 Å². The van der Waals surface area contributed by atoms with Gasteiger partial charge in [0.05, 0.1) is 38.1 Å². The van der Waals surface area contributed by atoms with Crippen molar-refractivity contribution in [1.82, 2.24) is 9.78 Å². The molecule has 2 aromatic carbocycles. The van der Waals surface area contributed by atoms with Crippen LogP contribution in [0.2, 0.25) is 0 Å². The van der Waals surface area contributed by atoms with E-state index in [9.17, 15) is 29.8 Å². The fourth-order valence-electron chi connectivity index (χ4n) is 3.35. The maximum atomic E-state index is 13.0. The molecule has 166 valence electrons. The molecule has 12 nitrogen and oxygen atoms in total. The zero-order valence-corrected chi connectivity index (χ0v) is 17.4. The summed E-state index contributed by atoms with van der Waals surface area (Å²) in [6, 6.07) is 10.8. The first kappa shape index (κ1) is 21.4. The van der Waals surface area contributed by atoms with Gasteiger partial charge in [0.1, 0.15) is 0 Å². The van der Waals surface area contributed by atoms with E-state index < -0.39 is 21.3 Å². The molecular weight excluding hydrogens is 432 g/mol. The molecule has 0 bridgehead atoms. The Kier molecular flexibility index (Phi) is 5.18. The lowest BCUT2D eigenvalue weighted by Gasteiger charge is -2.11. The fraction of sp³-hybridized carbons (Fsp3) is 0.0952. The number of aryl methyl sites for hydroxylation is 1. The lowest BCUT2D eigenvalue weighted by Crippen LogP contribution is -2.22. The average Bonchev–Trinajstić information content (AvgIpc) is 3.24. The summed E-state index contributed by atoms with van der Waals surface area (Å²) in [5.41, 5.74) is 1.38. The molecule has 0 fully saturated rings. The van der Waals surface area contributed by atoms with Crippen molar-refractivity contribution in [3.63, 3.8) is 0 Å². The SMILES string of the molecule is CC1=NN(c2ccc([N+](=O)[O-])cc2)C(=O)C1=Cc1c(C)[nH]n(-c2ccc([N+](=O)[O-])cc2)c1=O. The third kappa shape index (κ3) is 3.80. The number of hydrogen-bond donors (Lipinski definition) is 1. The van der Waals surface area contributed by atoms with Crippen molar-refractivity contribution in [3.05, 3.63) is 95.9 Å². The predicted molar refractivity (Wildman–Crippen MR) is 119 cm³/mol. The summed E-state index contributed by atoms with van der Waals surface area (Å²) in [5, 5.41) is 29.9. The van der Waals surface area contributed by atoms with E-state index in [1.807, 2.05) is 0 Å². The van der Waals surface area contributed by atoms with E-state index in [0.717, 1.165) is 5.01 Å². The number of nitro groups is 2. The normalized spacial score (nSPS) is 14.6. The van der Waals surface area contributed by atoms with Crippen LogP contribution in [0.5, 0.6) is 0 Å². The van der Waals surface area contributed by atoms with Crippen molar-refractivity contribution in [2.24, 2.45) is 5.10 Å². The number of rotatable bonds is 5. The monoisotopic (exact) mass is 448 g/mol. The highest BCUT2D eigenvalue weighted by atomic mass is 16.6. The molecule has 1 aliphatic heterocycles. The maximum Gasteiger partial charge on any atom is 0.280 e. The van der Waals surface area contributed by atoms with E-state index in [-0.39, 0.29) is 22.5 Å². The van der Waals surface area contributed by atoms with Gasteiger partial charge in [-0.3, -0.25) is 34.9 Å². The molecule has 0 saturated carbocycles. The Morgan fingerprint density at radius 3 is 1.91 bits per heavy atom. The number of carbonyl (C=O) groups excluding carboxylic acids is 1. The number of aromatic amines is 1. The van der Waals surface area contributed by atoms with Gasteiger partial charge < -0.3 is 0 Å². The summed E-state index contributed by atoms with van der Waals surface area (Å²) >= 11 is 0. The summed E-state index contributed by atoms with van der Waals surface area (Å²) in [7, 11) is 0. The second-order valence-electron chi connectivity index (χ2n) is 7.20. The number of anilines is 1. The molecule has 0 unspecified atom stereocenters. The first-order valence-corrected chi connectivity index (χ1v) is 9.60. The number of non-ortho nitro benzene ring substituents is 2. The zero-order chi connectivity index (χ0) is 23.9. The molecule has 4 rings (SSSR count). The van der Waals surface area contributed by atoms with E-state index in [2.05, 4.69) is 10.2 Å². The topological polar surface area (TPSA) is 157 Å². The maximum absolute atomic E-state index is 13.0. The molecule has 0 aliphatic carbocycles. The Morgan fingerprint density at radius 1 is 0.879 bits per heavy atom. The number of amides is 1. The number of aromatic nitrogens is 2. The van der Waals surface area contributed by atoms with Crippen LogP contribution >= 0.6 is 0 Å². The van der Waals surface area contributed by atoms with Crippen LogP contribution in [-0.2, 0) is 4.79 Å².